The molecule has 3 rings (SSSR count). The summed E-state index contributed by atoms with van der Waals surface area (Å²) in [6.07, 6.45) is -0.448. The lowest BCUT2D eigenvalue weighted by atomic mass is 10.2. The monoisotopic (exact) mass is 275 g/mol. The van der Waals surface area contributed by atoms with E-state index in [-0.39, 0.29) is 11.5 Å². The van der Waals surface area contributed by atoms with Crippen LogP contribution in [0.4, 0.5) is 10.2 Å². The highest BCUT2D eigenvalue weighted by Crippen LogP contribution is 2.35. The number of rotatable bonds is 2. The van der Waals surface area contributed by atoms with Crippen LogP contribution in [0.3, 0.4) is 0 Å². The summed E-state index contributed by atoms with van der Waals surface area (Å²) in [6, 6.07) is 7.39. The van der Waals surface area contributed by atoms with E-state index in [0.717, 1.165) is 0 Å². The molecule has 5 nitrogen and oxygen atoms in total. The number of hydrogen-bond donors (Lipinski definition) is 1. The van der Waals surface area contributed by atoms with Crippen molar-refractivity contribution in [3.8, 4) is 11.5 Å². The number of para-hydroxylation sites is 2. The normalized spacial score (nSPS) is 16.9. The van der Waals surface area contributed by atoms with Crippen LogP contribution in [0.2, 0.25) is 0 Å². The van der Waals surface area contributed by atoms with Crippen molar-refractivity contribution in [1.82, 2.24) is 9.97 Å². The first-order chi connectivity index (χ1) is 9.69. The first kappa shape index (κ1) is 12.7. The Morgan fingerprint density at radius 2 is 2.00 bits per heavy atom. The second-order valence-corrected chi connectivity index (χ2v) is 4.44. The van der Waals surface area contributed by atoms with Crippen molar-refractivity contribution in [2.24, 2.45) is 0 Å². The topological polar surface area (TPSA) is 56.3 Å². The highest BCUT2D eigenvalue weighted by Gasteiger charge is 2.26. The molecule has 0 saturated carbocycles. The molecule has 2 heterocycles. The van der Waals surface area contributed by atoms with Gasteiger partial charge in [-0.15, -0.1) is 0 Å². The van der Waals surface area contributed by atoms with Crippen molar-refractivity contribution in [3.05, 3.63) is 41.6 Å². The molecule has 1 aromatic heterocycles. The van der Waals surface area contributed by atoms with Crippen LogP contribution in [-0.2, 0) is 0 Å². The van der Waals surface area contributed by atoms with Gasteiger partial charge in [0.05, 0.1) is 5.69 Å². The summed E-state index contributed by atoms with van der Waals surface area (Å²) in [4.78, 5) is 8.29. The predicted octanol–water partition coefficient (Wildman–Crippen LogP) is 2.48. The number of nitrogens with one attached hydrogen (secondary N) is 1. The van der Waals surface area contributed by atoms with E-state index in [0.29, 0.717) is 23.9 Å². The fraction of sp³-hybridized carbons (Fsp3) is 0.286. The van der Waals surface area contributed by atoms with Crippen LogP contribution in [-0.4, -0.2) is 23.6 Å². The zero-order chi connectivity index (χ0) is 14.1. The van der Waals surface area contributed by atoms with Crippen molar-refractivity contribution in [1.29, 1.82) is 0 Å². The fourth-order valence-corrected chi connectivity index (χ4v) is 2.04. The highest BCUT2D eigenvalue weighted by molar-refractivity contribution is 5.42. The Balaban J connectivity index is 1.93. The lowest BCUT2D eigenvalue weighted by molar-refractivity contribution is 0.0849. The van der Waals surface area contributed by atoms with Crippen molar-refractivity contribution in [2.75, 3.05) is 19.0 Å². The quantitative estimate of drug-likeness (QED) is 0.912. The van der Waals surface area contributed by atoms with Crippen molar-refractivity contribution < 1.29 is 13.9 Å². The van der Waals surface area contributed by atoms with E-state index in [1.807, 2.05) is 24.3 Å². The molecule has 0 fully saturated rings. The van der Waals surface area contributed by atoms with Crippen LogP contribution < -0.4 is 14.8 Å². The first-order valence-corrected chi connectivity index (χ1v) is 6.29. The van der Waals surface area contributed by atoms with E-state index in [4.69, 9.17) is 9.47 Å². The number of aromatic nitrogens is 2. The van der Waals surface area contributed by atoms with Gasteiger partial charge in [-0.25, -0.2) is 14.4 Å². The molecule has 0 bridgehead atoms. The summed E-state index contributed by atoms with van der Waals surface area (Å²) in [6.45, 7) is 1.89. The maximum atomic E-state index is 13.7. The molecule has 2 aromatic rings. The van der Waals surface area contributed by atoms with Crippen LogP contribution in [0.5, 0.6) is 11.5 Å². The van der Waals surface area contributed by atoms with Crippen molar-refractivity contribution in [2.45, 2.75) is 13.0 Å². The van der Waals surface area contributed by atoms with Gasteiger partial charge in [-0.3, -0.25) is 0 Å². The van der Waals surface area contributed by atoms with Gasteiger partial charge in [-0.1, -0.05) is 12.1 Å². The Morgan fingerprint density at radius 1 is 1.25 bits per heavy atom. The third-order valence-electron chi connectivity index (χ3n) is 3.07. The third-order valence-corrected chi connectivity index (χ3v) is 3.07. The smallest absolute Gasteiger partial charge is 0.192 e. The van der Waals surface area contributed by atoms with Crippen LogP contribution in [0.25, 0.3) is 0 Å². The fourth-order valence-electron chi connectivity index (χ4n) is 2.04. The third kappa shape index (κ3) is 2.13. The summed E-state index contributed by atoms with van der Waals surface area (Å²) in [5.74, 6) is 1.45. The van der Waals surface area contributed by atoms with Crippen LogP contribution >= 0.6 is 0 Å². The molecule has 1 aromatic carbocycles. The van der Waals surface area contributed by atoms with Crippen LogP contribution in [0.1, 0.15) is 17.6 Å². The summed E-state index contributed by atoms with van der Waals surface area (Å²) in [5, 5.41) is 2.71. The van der Waals surface area contributed by atoms with E-state index in [9.17, 15) is 4.39 Å². The zero-order valence-corrected chi connectivity index (χ0v) is 11.2. The Morgan fingerprint density at radius 3 is 2.75 bits per heavy atom. The molecule has 1 unspecified atom stereocenters. The lowest BCUT2D eigenvalue weighted by Crippen LogP contribution is -2.24. The molecule has 20 heavy (non-hydrogen) atoms. The van der Waals surface area contributed by atoms with Gasteiger partial charge in [0.25, 0.3) is 0 Å². The second-order valence-electron chi connectivity index (χ2n) is 4.44. The molecule has 1 N–H and O–H groups in total. The van der Waals surface area contributed by atoms with E-state index in [1.165, 1.54) is 0 Å². The summed E-state index contributed by atoms with van der Waals surface area (Å²) < 4.78 is 25.2. The minimum Gasteiger partial charge on any atom is -0.485 e. The summed E-state index contributed by atoms with van der Waals surface area (Å²) in [7, 11) is 1.61. The van der Waals surface area contributed by atoms with Crippen LogP contribution in [0, 0.1) is 12.7 Å². The molecule has 0 spiro atoms. The van der Waals surface area contributed by atoms with Gasteiger partial charge in [0.2, 0.25) is 0 Å². The number of aryl methyl sites for hydroxylation is 1. The molecular formula is C14H14FN3O2. The van der Waals surface area contributed by atoms with E-state index in [2.05, 4.69) is 15.3 Å². The molecule has 1 aliphatic rings. The van der Waals surface area contributed by atoms with Gasteiger partial charge in [0, 0.05) is 7.05 Å². The summed E-state index contributed by atoms with van der Waals surface area (Å²) in [5.41, 5.74) is 0.279. The van der Waals surface area contributed by atoms with Gasteiger partial charge in [-0.05, 0) is 19.1 Å². The molecule has 0 saturated heterocycles. The SMILES string of the molecule is CNc1nc(C2COc3ccccc3O2)nc(C)c1F. The molecule has 6 heteroatoms. The number of ether oxygens (including phenoxy) is 2. The van der Waals surface area contributed by atoms with E-state index >= 15 is 0 Å². The van der Waals surface area contributed by atoms with Gasteiger partial charge in [0.15, 0.2) is 35.1 Å². The molecular weight excluding hydrogens is 261 g/mol. The molecule has 104 valence electrons. The highest BCUT2D eigenvalue weighted by atomic mass is 19.1. The molecule has 1 atom stereocenters. The molecule has 0 radical (unpaired) electrons. The Bertz CT molecular complexity index is 648. The molecule has 0 amide bonds. The number of hydrogen-bond acceptors (Lipinski definition) is 5. The lowest BCUT2D eigenvalue weighted by Gasteiger charge is -2.25. The number of benzene rings is 1. The number of fused-ring (bicyclic) bond motifs is 1. The standard InChI is InChI=1S/C14H14FN3O2/c1-8-12(15)14(16-2)18-13(17-8)11-7-19-9-5-3-4-6-10(9)20-11/h3-6,11H,7H2,1-2H3,(H,16,17,18). The van der Waals surface area contributed by atoms with Gasteiger partial charge in [0.1, 0.15) is 6.61 Å². The minimum absolute atomic E-state index is 0.162. The van der Waals surface area contributed by atoms with Gasteiger partial charge in [-0.2, -0.15) is 0 Å². The minimum atomic E-state index is -0.451. The van der Waals surface area contributed by atoms with Crippen LogP contribution in [0.15, 0.2) is 24.3 Å². The maximum Gasteiger partial charge on any atom is 0.192 e. The van der Waals surface area contributed by atoms with E-state index in [1.54, 1.807) is 14.0 Å². The maximum absolute atomic E-state index is 13.7. The number of anilines is 1. The average Bonchev–Trinajstić information content (AvgIpc) is 2.49. The number of halogens is 1. The van der Waals surface area contributed by atoms with Crippen molar-refractivity contribution in [3.63, 3.8) is 0 Å². The largest absolute Gasteiger partial charge is 0.485 e. The van der Waals surface area contributed by atoms with Crippen molar-refractivity contribution >= 4 is 5.82 Å². The number of nitrogens with zero attached hydrogens (tertiary/aromatic N) is 2. The average molecular weight is 275 g/mol. The van der Waals surface area contributed by atoms with Gasteiger partial charge >= 0.3 is 0 Å². The Labute approximate surface area is 115 Å². The zero-order valence-electron chi connectivity index (χ0n) is 11.2. The molecule has 1 aliphatic heterocycles. The second kappa shape index (κ2) is 4.96. The van der Waals surface area contributed by atoms with Gasteiger partial charge < -0.3 is 14.8 Å². The Kier molecular flexibility index (Phi) is 3.14. The summed E-state index contributed by atoms with van der Waals surface area (Å²) >= 11 is 0. The first-order valence-electron chi connectivity index (χ1n) is 6.29. The van der Waals surface area contributed by atoms with E-state index < -0.39 is 11.9 Å². The predicted molar refractivity (Wildman–Crippen MR) is 71.6 cm³/mol. The Hall–Kier alpha value is -2.37. The molecule has 0 aliphatic carbocycles.